The van der Waals surface area contributed by atoms with E-state index < -0.39 is 5.97 Å². The molecule has 0 radical (unpaired) electrons. The summed E-state index contributed by atoms with van der Waals surface area (Å²) in [4.78, 5) is 14.4. The van der Waals surface area contributed by atoms with E-state index in [1.807, 2.05) is 30.5 Å². The number of aromatic nitrogens is 1. The second-order valence-electron chi connectivity index (χ2n) is 3.86. The maximum atomic E-state index is 10.3. The van der Waals surface area contributed by atoms with Gasteiger partial charge in [0, 0.05) is 12.4 Å². The first-order valence-corrected chi connectivity index (χ1v) is 5.56. The van der Waals surface area contributed by atoms with Crippen LogP contribution in [0.25, 0.3) is 0 Å². The van der Waals surface area contributed by atoms with Crippen LogP contribution in [0, 0.1) is 0 Å². The normalized spacial score (nSPS) is 9.47. The molecule has 1 aromatic heterocycles. The van der Waals surface area contributed by atoms with Crippen LogP contribution < -0.4 is 4.74 Å². The SMILES string of the molecule is Cl.O=C(O)COc1ccc(Cc2cccnc2)cc1. The van der Waals surface area contributed by atoms with Gasteiger partial charge in [-0.2, -0.15) is 0 Å². The summed E-state index contributed by atoms with van der Waals surface area (Å²) in [7, 11) is 0. The molecule has 0 saturated carbocycles. The summed E-state index contributed by atoms with van der Waals surface area (Å²) in [5.41, 5.74) is 2.27. The van der Waals surface area contributed by atoms with Crippen LogP contribution in [-0.2, 0) is 11.2 Å². The highest BCUT2D eigenvalue weighted by molar-refractivity contribution is 5.85. The molecule has 0 aliphatic heterocycles. The smallest absolute Gasteiger partial charge is 0.341 e. The van der Waals surface area contributed by atoms with Gasteiger partial charge in [0.25, 0.3) is 0 Å². The zero-order chi connectivity index (χ0) is 12.8. The number of hydrogen-bond donors (Lipinski definition) is 1. The molecule has 1 aromatic carbocycles. The van der Waals surface area contributed by atoms with Gasteiger partial charge in [-0.1, -0.05) is 18.2 Å². The van der Waals surface area contributed by atoms with Crippen molar-refractivity contribution in [3.63, 3.8) is 0 Å². The predicted octanol–water partition coefficient (Wildman–Crippen LogP) is 2.56. The summed E-state index contributed by atoms with van der Waals surface area (Å²) < 4.78 is 5.06. The van der Waals surface area contributed by atoms with Gasteiger partial charge in [0.15, 0.2) is 6.61 Å². The van der Waals surface area contributed by atoms with Crippen molar-refractivity contribution in [2.24, 2.45) is 0 Å². The Kier molecular flexibility index (Phi) is 5.82. The van der Waals surface area contributed by atoms with Crippen molar-refractivity contribution < 1.29 is 14.6 Å². The van der Waals surface area contributed by atoms with E-state index in [9.17, 15) is 4.79 Å². The number of carboxylic acid groups (broad SMARTS) is 1. The first-order valence-electron chi connectivity index (χ1n) is 5.56. The number of rotatable bonds is 5. The van der Waals surface area contributed by atoms with E-state index in [2.05, 4.69) is 4.98 Å². The molecule has 0 spiro atoms. The lowest BCUT2D eigenvalue weighted by Gasteiger charge is -2.05. The minimum atomic E-state index is -0.977. The van der Waals surface area contributed by atoms with Crippen LogP contribution in [0.2, 0.25) is 0 Å². The quantitative estimate of drug-likeness (QED) is 0.914. The number of halogens is 1. The molecule has 5 heteroatoms. The zero-order valence-corrected chi connectivity index (χ0v) is 11.0. The largest absolute Gasteiger partial charge is 0.482 e. The Hall–Kier alpha value is -2.07. The lowest BCUT2D eigenvalue weighted by Crippen LogP contribution is -2.09. The van der Waals surface area contributed by atoms with E-state index in [-0.39, 0.29) is 19.0 Å². The zero-order valence-electron chi connectivity index (χ0n) is 10.2. The number of aliphatic carboxylic acids is 1. The molecular weight excluding hydrogens is 266 g/mol. The van der Waals surface area contributed by atoms with Crippen molar-refractivity contribution in [2.75, 3.05) is 6.61 Å². The Morgan fingerprint density at radius 3 is 2.47 bits per heavy atom. The number of hydrogen-bond acceptors (Lipinski definition) is 3. The number of pyridine rings is 1. The lowest BCUT2D eigenvalue weighted by molar-refractivity contribution is -0.139. The van der Waals surface area contributed by atoms with Crippen molar-refractivity contribution in [2.45, 2.75) is 6.42 Å². The van der Waals surface area contributed by atoms with Gasteiger partial charge in [0.05, 0.1) is 0 Å². The fourth-order valence-corrected chi connectivity index (χ4v) is 1.59. The first-order chi connectivity index (χ1) is 8.74. The molecule has 0 aliphatic carbocycles. The molecule has 1 N–H and O–H groups in total. The second-order valence-corrected chi connectivity index (χ2v) is 3.86. The van der Waals surface area contributed by atoms with Gasteiger partial charge in [-0.05, 0) is 35.7 Å². The van der Waals surface area contributed by atoms with Crippen molar-refractivity contribution >= 4 is 18.4 Å². The molecule has 4 nitrogen and oxygen atoms in total. The molecule has 1 heterocycles. The van der Waals surface area contributed by atoms with Crippen molar-refractivity contribution in [1.29, 1.82) is 0 Å². The van der Waals surface area contributed by atoms with Gasteiger partial charge in [0.1, 0.15) is 5.75 Å². The number of benzene rings is 1. The lowest BCUT2D eigenvalue weighted by atomic mass is 10.1. The monoisotopic (exact) mass is 279 g/mol. The average molecular weight is 280 g/mol. The van der Waals surface area contributed by atoms with Crippen LogP contribution in [0.1, 0.15) is 11.1 Å². The van der Waals surface area contributed by atoms with E-state index >= 15 is 0 Å². The summed E-state index contributed by atoms with van der Waals surface area (Å²) in [6, 6.07) is 11.3. The van der Waals surface area contributed by atoms with Crippen molar-refractivity contribution in [1.82, 2.24) is 4.98 Å². The van der Waals surface area contributed by atoms with E-state index in [0.717, 1.165) is 17.5 Å². The van der Waals surface area contributed by atoms with Gasteiger partial charge in [-0.25, -0.2) is 4.79 Å². The third kappa shape index (κ3) is 4.97. The van der Waals surface area contributed by atoms with E-state index in [4.69, 9.17) is 9.84 Å². The Morgan fingerprint density at radius 1 is 1.16 bits per heavy atom. The Bertz CT molecular complexity index is 514. The first kappa shape index (κ1) is 15.0. The summed E-state index contributed by atoms with van der Waals surface area (Å²) in [5.74, 6) is -0.415. The van der Waals surface area contributed by atoms with Gasteiger partial charge in [0.2, 0.25) is 0 Å². The topological polar surface area (TPSA) is 59.4 Å². The summed E-state index contributed by atoms with van der Waals surface area (Å²) in [5, 5.41) is 8.49. The number of ether oxygens (including phenoxy) is 1. The Balaban J connectivity index is 0.00000180. The van der Waals surface area contributed by atoms with E-state index in [0.29, 0.717) is 5.75 Å². The van der Waals surface area contributed by atoms with Crippen LogP contribution >= 0.6 is 12.4 Å². The maximum Gasteiger partial charge on any atom is 0.341 e. The van der Waals surface area contributed by atoms with Crippen LogP contribution in [0.4, 0.5) is 0 Å². The Labute approximate surface area is 117 Å². The molecule has 0 atom stereocenters. The maximum absolute atomic E-state index is 10.3. The molecule has 0 fully saturated rings. The fraction of sp³-hybridized carbons (Fsp3) is 0.143. The average Bonchev–Trinajstić information content (AvgIpc) is 2.39. The highest BCUT2D eigenvalue weighted by Gasteiger charge is 2.00. The third-order valence-electron chi connectivity index (χ3n) is 2.42. The van der Waals surface area contributed by atoms with Crippen molar-refractivity contribution in [3.8, 4) is 5.75 Å². The third-order valence-corrected chi connectivity index (χ3v) is 2.42. The summed E-state index contributed by atoms with van der Waals surface area (Å²) in [6.45, 7) is -0.318. The molecule has 0 unspecified atom stereocenters. The summed E-state index contributed by atoms with van der Waals surface area (Å²) in [6.07, 6.45) is 4.37. The molecular formula is C14H14ClNO3. The van der Waals surface area contributed by atoms with Crippen molar-refractivity contribution in [3.05, 3.63) is 59.9 Å². The molecule has 0 amide bonds. The molecule has 0 aliphatic rings. The van der Waals surface area contributed by atoms with Gasteiger partial charge in [-0.3, -0.25) is 4.98 Å². The van der Waals surface area contributed by atoms with Crippen LogP contribution in [-0.4, -0.2) is 22.7 Å². The number of carboxylic acids is 1. The highest BCUT2D eigenvalue weighted by atomic mass is 35.5. The highest BCUT2D eigenvalue weighted by Crippen LogP contribution is 2.14. The van der Waals surface area contributed by atoms with Gasteiger partial charge >= 0.3 is 5.97 Å². The van der Waals surface area contributed by atoms with Crippen LogP contribution in [0.15, 0.2) is 48.8 Å². The van der Waals surface area contributed by atoms with Crippen LogP contribution in [0.3, 0.4) is 0 Å². The standard InChI is InChI=1S/C14H13NO3.ClH/c16-14(17)10-18-13-5-3-11(4-6-13)8-12-2-1-7-15-9-12;/h1-7,9H,8,10H2,(H,16,17);1H. The van der Waals surface area contributed by atoms with Crippen LogP contribution in [0.5, 0.6) is 5.75 Å². The second kappa shape index (κ2) is 7.38. The Morgan fingerprint density at radius 2 is 1.89 bits per heavy atom. The minimum Gasteiger partial charge on any atom is -0.482 e. The molecule has 19 heavy (non-hydrogen) atoms. The van der Waals surface area contributed by atoms with E-state index in [1.54, 1.807) is 18.3 Å². The molecule has 2 aromatic rings. The molecule has 2 rings (SSSR count). The molecule has 0 saturated heterocycles. The summed E-state index contributed by atoms with van der Waals surface area (Å²) >= 11 is 0. The van der Waals surface area contributed by atoms with Gasteiger partial charge < -0.3 is 9.84 Å². The minimum absolute atomic E-state index is 0. The van der Waals surface area contributed by atoms with Gasteiger partial charge in [-0.15, -0.1) is 12.4 Å². The number of carbonyl (C=O) groups is 1. The predicted molar refractivity (Wildman–Crippen MR) is 73.9 cm³/mol. The fourth-order valence-electron chi connectivity index (χ4n) is 1.59. The molecule has 100 valence electrons. The molecule has 0 bridgehead atoms. The number of nitrogens with zero attached hydrogens (tertiary/aromatic N) is 1. The van der Waals surface area contributed by atoms with E-state index in [1.165, 1.54) is 0 Å².